The molecule has 250 valence electrons. The first-order valence-electron chi connectivity index (χ1n) is 14.9. The van der Waals surface area contributed by atoms with Crippen LogP contribution >= 0.6 is 23.2 Å². The summed E-state index contributed by atoms with van der Waals surface area (Å²) in [7, 11) is 8.71. The number of carboxylic acids is 1. The Morgan fingerprint density at radius 1 is 0.723 bits per heavy atom. The third kappa shape index (κ3) is 9.04. The Labute approximate surface area is 285 Å². The van der Waals surface area contributed by atoms with Gasteiger partial charge in [-0.05, 0) is 80.5 Å². The minimum atomic E-state index is -0.928. The van der Waals surface area contributed by atoms with Gasteiger partial charge in [0.25, 0.3) is 0 Å². The Balaban J connectivity index is 1.52. The van der Waals surface area contributed by atoms with E-state index in [1.54, 1.807) is 25.1 Å². The highest BCUT2D eigenvalue weighted by Crippen LogP contribution is 2.34. The van der Waals surface area contributed by atoms with Gasteiger partial charge in [-0.25, -0.2) is 0 Å². The number of carboxylic acid groups (broad SMARTS) is 1. The van der Waals surface area contributed by atoms with Crippen LogP contribution in [0.5, 0.6) is 23.5 Å². The highest BCUT2D eigenvalue weighted by Gasteiger charge is 2.18. The molecule has 0 aliphatic heterocycles. The largest absolute Gasteiger partial charge is 0.481 e. The Kier molecular flexibility index (Phi) is 12.3. The molecule has 0 fully saturated rings. The predicted molar refractivity (Wildman–Crippen MR) is 183 cm³/mol. The number of aliphatic carboxylic acids is 1. The van der Waals surface area contributed by atoms with Crippen molar-refractivity contribution in [3.05, 3.63) is 92.0 Å². The topological polar surface area (TPSA) is 106 Å². The van der Waals surface area contributed by atoms with E-state index in [1.165, 1.54) is 7.11 Å². The minimum absolute atomic E-state index is 0.129. The van der Waals surface area contributed by atoms with Crippen molar-refractivity contribution in [2.24, 2.45) is 0 Å². The number of rotatable bonds is 15. The quantitative estimate of drug-likeness (QED) is 0.144. The van der Waals surface area contributed by atoms with Crippen LogP contribution in [-0.2, 0) is 31.1 Å². The molecule has 0 saturated heterocycles. The summed E-state index contributed by atoms with van der Waals surface area (Å²) in [5.74, 6) is 0.416. The van der Waals surface area contributed by atoms with Crippen LogP contribution in [0, 0.1) is 13.8 Å². The van der Waals surface area contributed by atoms with Crippen LogP contribution in [0.4, 0.5) is 0 Å². The molecule has 47 heavy (non-hydrogen) atoms. The first-order chi connectivity index (χ1) is 22.4. The van der Waals surface area contributed by atoms with Crippen molar-refractivity contribution in [3.8, 4) is 34.6 Å². The van der Waals surface area contributed by atoms with E-state index >= 15 is 0 Å². The molecular formula is C35H40Cl2N4O6. The average Bonchev–Trinajstić information content (AvgIpc) is 3.01. The number of hydrogen-bond acceptors (Lipinski definition) is 9. The summed E-state index contributed by atoms with van der Waals surface area (Å²) in [6.07, 6.45) is 0. The molecule has 10 nitrogen and oxygen atoms in total. The van der Waals surface area contributed by atoms with Crippen molar-refractivity contribution in [2.45, 2.75) is 40.2 Å². The van der Waals surface area contributed by atoms with Gasteiger partial charge in [-0.2, -0.15) is 9.97 Å². The van der Waals surface area contributed by atoms with Crippen LogP contribution < -0.4 is 18.9 Å². The smallest absolute Gasteiger partial charge is 0.317 e. The fraction of sp³-hybridized carbons (Fsp3) is 0.343. The SMILES string of the molecule is COc1nc(OCc2cccc(-c3cccc(COc4nc(OC)c(CN(C)CC(=O)O)cc4Cl)c3C)c2C)c(Cl)cc1CN(C)C. The van der Waals surface area contributed by atoms with Crippen molar-refractivity contribution in [1.29, 1.82) is 0 Å². The number of hydrogen-bond donors (Lipinski definition) is 1. The lowest BCUT2D eigenvalue weighted by Gasteiger charge is -2.18. The van der Waals surface area contributed by atoms with Crippen molar-refractivity contribution in [3.63, 3.8) is 0 Å². The molecule has 1 N–H and O–H groups in total. The number of likely N-dealkylation sites (N-methyl/N-ethyl adjacent to an activating group) is 1. The van der Waals surface area contributed by atoms with E-state index in [4.69, 9.17) is 47.3 Å². The first kappa shape index (κ1) is 35.8. The van der Waals surface area contributed by atoms with Crippen LogP contribution in [0.15, 0.2) is 48.5 Å². The molecule has 0 saturated carbocycles. The van der Waals surface area contributed by atoms with Gasteiger partial charge in [-0.15, -0.1) is 0 Å². The lowest BCUT2D eigenvalue weighted by molar-refractivity contribution is -0.138. The molecule has 2 heterocycles. The molecule has 0 spiro atoms. The Bertz CT molecular complexity index is 1730. The fourth-order valence-corrected chi connectivity index (χ4v) is 5.70. The van der Waals surface area contributed by atoms with Crippen LogP contribution in [0.2, 0.25) is 10.0 Å². The molecule has 2 aromatic carbocycles. The minimum Gasteiger partial charge on any atom is -0.481 e. The van der Waals surface area contributed by atoms with Crippen LogP contribution in [0.3, 0.4) is 0 Å². The number of pyridine rings is 2. The summed E-state index contributed by atoms with van der Waals surface area (Å²) in [4.78, 5) is 23.7. The van der Waals surface area contributed by atoms with E-state index in [9.17, 15) is 4.79 Å². The monoisotopic (exact) mass is 682 g/mol. The summed E-state index contributed by atoms with van der Waals surface area (Å²) in [5.41, 5.74) is 7.74. The Morgan fingerprint density at radius 3 is 1.57 bits per heavy atom. The standard InChI is InChI=1S/C35H40Cl2N4O6/c1-21-23(19-46-34-29(36)14-25(16-40(3)4)32(38-34)44-6)10-8-12-27(21)28-13-9-11-24(22(28)2)20-47-35-30(37)15-26(33(39-35)45-7)17-41(5)18-31(42)43/h8-15H,16-20H2,1-7H3,(H,42,43). The third-order valence-corrected chi connectivity index (χ3v) is 8.14. The van der Waals surface area contributed by atoms with E-state index in [0.717, 1.165) is 38.9 Å². The van der Waals surface area contributed by atoms with Gasteiger partial charge in [0.2, 0.25) is 23.5 Å². The zero-order valence-corrected chi connectivity index (χ0v) is 29.2. The number of nitrogens with zero attached hydrogens (tertiary/aromatic N) is 4. The summed E-state index contributed by atoms with van der Waals surface area (Å²) < 4.78 is 23.1. The van der Waals surface area contributed by atoms with Gasteiger partial charge >= 0.3 is 5.97 Å². The molecule has 0 aliphatic carbocycles. The van der Waals surface area contributed by atoms with E-state index < -0.39 is 5.97 Å². The Hall–Kier alpha value is -4.09. The van der Waals surface area contributed by atoms with Gasteiger partial charge in [0, 0.05) is 24.2 Å². The highest BCUT2D eigenvalue weighted by atomic mass is 35.5. The molecule has 0 unspecified atom stereocenters. The van der Waals surface area contributed by atoms with Gasteiger partial charge in [0.05, 0.1) is 20.8 Å². The van der Waals surface area contributed by atoms with Crippen molar-refractivity contribution >= 4 is 29.2 Å². The molecule has 0 amide bonds. The van der Waals surface area contributed by atoms with E-state index in [0.29, 0.717) is 46.3 Å². The van der Waals surface area contributed by atoms with E-state index in [-0.39, 0.29) is 25.6 Å². The lowest BCUT2D eigenvalue weighted by Crippen LogP contribution is -2.25. The van der Waals surface area contributed by atoms with Gasteiger partial charge in [-0.1, -0.05) is 59.6 Å². The maximum atomic E-state index is 11.1. The van der Waals surface area contributed by atoms with Crippen molar-refractivity contribution < 1.29 is 28.8 Å². The second-order valence-electron chi connectivity index (χ2n) is 11.4. The molecule has 4 rings (SSSR count). The van der Waals surface area contributed by atoms with Gasteiger partial charge in [-0.3, -0.25) is 9.69 Å². The van der Waals surface area contributed by atoms with Gasteiger partial charge in [0.1, 0.15) is 23.3 Å². The van der Waals surface area contributed by atoms with Gasteiger partial charge < -0.3 is 29.0 Å². The highest BCUT2D eigenvalue weighted by molar-refractivity contribution is 6.32. The van der Waals surface area contributed by atoms with Crippen LogP contribution in [-0.4, -0.2) is 72.8 Å². The van der Waals surface area contributed by atoms with Crippen molar-refractivity contribution in [2.75, 3.05) is 41.9 Å². The summed E-state index contributed by atoms with van der Waals surface area (Å²) >= 11 is 13.1. The molecule has 0 aliphatic rings. The summed E-state index contributed by atoms with van der Waals surface area (Å²) in [6, 6.07) is 15.7. The average molecular weight is 684 g/mol. The second kappa shape index (κ2) is 16.1. The zero-order valence-electron chi connectivity index (χ0n) is 27.7. The number of benzene rings is 2. The van der Waals surface area contributed by atoms with E-state index in [2.05, 4.69) is 35.9 Å². The number of halogens is 2. The predicted octanol–water partition coefficient (Wildman–Crippen LogP) is 6.82. The number of methoxy groups -OCH3 is 2. The molecule has 0 bridgehead atoms. The number of ether oxygens (including phenoxy) is 4. The number of aromatic nitrogens is 2. The molecule has 0 atom stereocenters. The maximum absolute atomic E-state index is 11.1. The van der Waals surface area contributed by atoms with Crippen molar-refractivity contribution in [1.82, 2.24) is 19.8 Å². The lowest BCUT2D eigenvalue weighted by atomic mass is 9.92. The first-order valence-corrected chi connectivity index (χ1v) is 15.6. The molecule has 2 aromatic heterocycles. The second-order valence-corrected chi connectivity index (χ2v) is 12.3. The number of carbonyl (C=O) groups is 1. The normalized spacial score (nSPS) is 11.2. The molecule has 0 radical (unpaired) electrons. The zero-order chi connectivity index (χ0) is 34.2. The van der Waals surface area contributed by atoms with Crippen LogP contribution in [0.25, 0.3) is 11.1 Å². The van der Waals surface area contributed by atoms with E-state index in [1.807, 2.05) is 49.3 Å². The fourth-order valence-electron chi connectivity index (χ4n) is 5.24. The Morgan fingerprint density at radius 2 is 1.17 bits per heavy atom. The molecular weight excluding hydrogens is 643 g/mol. The third-order valence-electron chi connectivity index (χ3n) is 7.60. The van der Waals surface area contributed by atoms with Crippen LogP contribution in [0.1, 0.15) is 33.4 Å². The summed E-state index contributed by atoms with van der Waals surface area (Å²) in [6.45, 7) is 5.43. The van der Waals surface area contributed by atoms with Gasteiger partial charge in [0.15, 0.2) is 0 Å². The molecule has 4 aromatic rings. The molecule has 12 heteroatoms. The summed E-state index contributed by atoms with van der Waals surface area (Å²) in [5, 5.41) is 9.81. The maximum Gasteiger partial charge on any atom is 0.317 e.